The van der Waals surface area contributed by atoms with Crippen LogP contribution in [0.2, 0.25) is 0 Å². The second-order valence-corrected chi connectivity index (χ2v) is 7.65. The van der Waals surface area contributed by atoms with E-state index in [2.05, 4.69) is 4.72 Å². The minimum atomic E-state index is -3.33. The molecule has 2 N–H and O–H groups in total. The minimum Gasteiger partial charge on any atom is -0.481 e. The van der Waals surface area contributed by atoms with E-state index in [1.165, 1.54) is 0 Å². The smallest absolute Gasteiger partial charge is 0.303 e. The third kappa shape index (κ3) is 4.94. The summed E-state index contributed by atoms with van der Waals surface area (Å²) in [4.78, 5) is 10.5. The molecule has 0 atom stereocenters. The Morgan fingerprint density at radius 2 is 1.83 bits per heavy atom. The number of carbonyl (C=O) groups is 1. The molecule has 0 saturated heterocycles. The average molecular weight is 277 g/mol. The van der Waals surface area contributed by atoms with Crippen LogP contribution in [-0.4, -0.2) is 30.3 Å². The van der Waals surface area contributed by atoms with Gasteiger partial charge in [0.05, 0.1) is 5.25 Å². The van der Waals surface area contributed by atoms with Gasteiger partial charge in [-0.2, -0.15) is 0 Å². The summed E-state index contributed by atoms with van der Waals surface area (Å²) in [5.41, 5.74) is -0.700. The molecule has 18 heavy (non-hydrogen) atoms. The number of aliphatic carboxylic acids is 1. The fourth-order valence-electron chi connectivity index (χ4n) is 2.31. The second-order valence-electron chi connectivity index (χ2n) is 5.68. The summed E-state index contributed by atoms with van der Waals surface area (Å²) >= 11 is 0. The molecule has 1 aliphatic rings. The first-order valence-corrected chi connectivity index (χ1v) is 8.02. The van der Waals surface area contributed by atoms with Crippen molar-refractivity contribution in [1.29, 1.82) is 0 Å². The van der Waals surface area contributed by atoms with Crippen molar-refractivity contribution in [3.05, 3.63) is 0 Å². The van der Waals surface area contributed by atoms with Crippen molar-refractivity contribution in [3.8, 4) is 0 Å². The number of sulfonamides is 1. The first-order valence-electron chi connectivity index (χ1n) is 6.47. The standard InChI is InChI=1S/C12H23NO4S/c1-12(2,9-8-11(14)15)13-18(16,17)10-6-4-3-5-7-10/h10,13H,3-9H2,1-2H3,(H,14,15). The van der Waals surface area contributed by atoms with E-state index in [1.807, 2.05) is 0 Å². The SMILES string of the molecule is CC(C)(CCC(=O)O)NS(=O)(=O)C1CCCCC1. The van der Waals surface area contributed by atoms with Crippen molar-refractivity contribution in [2.24, 2.45) is 0 Å². The Labute approximate surface area is 109 Å². The van der Waals surface area contributed by atoms with Gasteiger partial charge in [-0.05, 0) is 33.1 Å². The molecular weight excluding hydrogens is 254 g/mol. The molecule has 5 nitrogen and oxygen atoms in total. The van der Waals surface area contributed by atoms with Gasteiger partial charge in [-0.3, -0.25) is 4.79 Å². The van der Waals surface area contributed by atoms with E-state index in [9.17, 15) is 13.2 Å². The topological polar surface area (TPSA) is 83.5 Å². The molecule has 1 fully saturated rings. The minimum absolute atomic E-state index is 0.0276. The zero-order valence-corrected chi connectivity index (χ0v) is 11.9. The number of carboxylic acids is 1. The van der Waals surface area contributed by atoms with Crippen LogP contribution >= 0.6 is 0 Å². The number of rotatable bonds is 6. The van der Waals surface area contributed by atoms with Crippen LogP contribution in [0.1, 0.15) is 58.8 Å². The molecule has 0 bridgehead atoms. The Morgan fingerprint density at radius 1 is 1.28 bits per heavy atom. The van der Waals surface area contributed by atoms with E-state index in [4.69, 9.17) is 5.11 Å². The lowest BCUT2D eigenvalue weighted by molar-refractivity contribution is -0.137. The fraction of sp³-hybridized carbons (Fsp3) is 0.917. The predicted octanol–water partition coefficient (Wildman–Crippen LogP) is 1.88. The van der Waals surface area contributed by atoms with Gasteiger partial charge in [0.15, 0.2) is 0 Å². The third-order valence-corrected chi connectivity index (χ3v) is 5.56. The van der Waals surface area contributed by atoms with Gasteiger partial charge in [-0.25, -0.2) is 13.1 Å². The highest BCUT2D eigenvalue weighted by Crippen LogP contribution is 2.25. The zero-order valence-electron chi connectivity index (χ0n) is 11.1. The van der Waals surface area contributed by atoms with Crippen molar-refractivity contribution in [2.45, 2.75) is 69.6 Å². The Kier molecular flexibility index (Phi) is 5.16. The Hall–Kier alpha value is -0.620. The zero-order chi connectivity index (χ0) is 13.8. The maximum absolute atomic E-state index is 12.2. The van der Waals surface area contributed by atoms with E-state index < -0.39 is 21.5 Å². The number of hydrogen-bond acceptors (Lipinski definition) is 3. The lowest BCUT2D eigenvalue weighted by atomic mass is 10.0. The molecule has 1 rings (SSSR count). The van der Waals surface area contributed by atoms with Crippen LogP contribution in [0, 0.1) is 0 Å². The predicted molar refractivity (Wildman–Crippen MR) is 69.9 cm³/mol. The van der Waals surface area contributed by atoms with Crippen molar-refractivity contribution in [2.75, 3.05) is 0 Å². The van der Waals surface area contributed by atoms with E-state index in [1.54, 1.807) is 13.8 Å². The van der Waals surface area contributed by atoms with Gasteiger partial charge in [0, 0.05) is 12.0 Å². The van der Waals surface area contributed by atoms with Crippen molar-refractivity contribution < 1.29 is 18.3 Å². The molecule has 0 spiro atoms. The van der Waals surface area contributed by atoms with Gasteiger partial charge in [0.1, 0.15) is 0 Å². The highest BCUT2D eigenvalue weighted by molar-refractivity contribution is 7.90. The molecule has 1 saturated carbocycles. The molecule has 0 aromatic carbocycles. The number of nitrogens with one attached hydrogen (secondary N) is 1. The summed E-state index contributed by atoms with van der Waals surface area (Å²) in [6.07, 6.45) is 4.72. The first-order chi connectivity index (χ1) is 8.23. The summed E-state index contributed by atoms with van der Waals surface area (Å²) in [7, 11) is -3.33. The van der Waals surface area contributed by atoms with E-state index in [-0.39, 0.29) is 11.7 Å². The highest BCUT2D eigenvalue weighted by atomic mass is 32.2. The molecule has 0 amide bonds. The highest BCUT2D eigenvalue weighted by Gasteiger charge is 2.32. The van der Waals surface area contributed by atoms with Crippen LogP contribution in [0.15, 0.2) is 0 Å². The summed E-state index contributed by atoms with van der Waals surface area (Å²) in [6.45, 7) is 3.46. The van der Waals surface area contributed by atoms with Gasteiger partial charge in [0.25, 0.3) is 0 Å². The molecule has 0 aliphatic heterocycles. The lowest BCUT2D eigenvalue weighted by Gasteiger charge is -2.30. The molecule has 0 aromatic rings. The molecule has 106 valence electrons. The fourth-order valence-corrected chi connectivity index (χ4v) is 4.31. The van der Waals surface area contributed by atoms with Crippen LogP contribution in [0.3, 0.4) is 0 Å². The van der Waals surface area contributed by atoms with E-state index in [0.717, 1.165) is 19.3 Å². The Balaban J connectivity index is 2.60. The monoisotopic (exact) mass is 277 g/mol. The van der Waals surface area contributed by atoms with Gasteiger partial charge >= 0.3 is 5.97 Å². The van der Waals surface area contributed by atoms with Crippen molar-refractivity contribution in [1.82, 2.24) is 4.72 Å². The van der Waals surface area contributed by atoms with Crippen LogP contribution in [0.5, 0.6) is 0 Å². The van der Waals surface area contributed by atoms with Crippen LogP contribution in [0.4, 0.5) is 0 Å². The van der Waals surface area contributed by atoms with Gasteiger partial charge in [-0.15, -0.1) is 0 Å². The maximum atomic E-state index is 12.2. The van der Waals surface area contributed by atoms with E-state index >= 15 is 0 Å². The third-order valence-electron chi connectivity index (χ3n) is 3.37. The van der Waals surface area contributed by atoms with Gasteiger partial charge in [0.2, 0.25) is 10.0 Å². The first kappa shape index (κ1) is 15.4. The summed E-state index contributed by atoms with van der Waals surface area (Å²) < 4.78 is 27.0. The molecule has 6 heteroatoms. The lowest BCUT2D eigenvalue weighted by Crippen LogP contribution is -2.48. The molecular formula is C12H23NO4S. The quantitative estimate of drug-likeness (QED) is 0.776. The Morgan fingerprint density at radius 3 is 2.33 bits per heavy atom. The van der Waals surface area contributed by atoms with Crippen molar-refractivity contribution >= 4 is 16.0 Å². The summed E-state index contributed by atoms with van der Waals surface area (Å²) in [5.74, 6) is -0.903. The summed E-state index contributed by atoms with van der Waals surface area (Å²) in [6, 6.07) is 0. The average Bonchev–Trinajstić information content (AvgIpc) is 2.26. The van der Waals surface area contributed by atoms with Gasteiger partial charge < -0.3 is 5.11 Å². The second kappa shape index (κ2) is 6.02. The van der Waals surface area contributed by atoms with E-state index in [0.29, 0.717) is 19.3 Å². The Bertz CT molecular complexity index is 383. The largest absolute Gasteiger partial charge is 0.481 e. The molecule has 1 aliphatic carbocycles. The van der Waals surface area contributed by atoms with Crippen LogP contribution in [-0.2, 0) is 14.8 Å². The molecule has 0 unspecified atom stereocenters. The molecule has 0 radical (unpaired) electrons. The van der Waals surface area contributed by atoms with Crippen LogP contribution < -0.4 is 4.72 Å². The summed E-state index contributed by atoms with van der Waals surface area (Å²) in [5, 5.41) is 8.34. The van der Waals surface area contributed by atoms with Crippen LogP contribution in [0.25, 0.3) is 0 Å². The van der Waals surface area contributed by atoms with Crippen molar-refractivity contribution in [3.63, 3.8) is 0 Å². The number of carboxylic acid groups (broad SMARTS) is 1. The van der Waals surface area contributed by atoms with Gasteiger partial charge in [-0.1, -0.05) is 19.3 Å². The normalized spacial score (nSPS) is 18.8. The molecule has 0 heterocycles. The number of hydrogen-bond donors (Lipinski definition) is 2. The molecule has 0 aromatic heterocycles. The maximum Gasteiger partial charge on any atom is 0.303 e.